The third-order valence-electron chi connectivity index (χ3n) is 11.1. The first-order valence-corrected chi connectivity index (χ1v) is 16.6. The van der Waals surface area contributed by atoms with Crippen molar-refractivity contribution in [2.24, 2.45) is 11.8 Å². The summed E-state index contributed by atoms with van der Waals surface area (Å²) in [7, 11) is 0. The van der Waals surface area contributed by atoms with Crippen LogP contribution in [-0.2, 0) is 25.2 Å². The quantitative estimate of drug-likeness (QED) is 0.196. The lowest BCUT2D eigenvalue weighted by Crippen LogP contribution is -2.45. The van der Waals surface area contributed by atoms with E-state index < -0.39 is 34.5 Å². The van der Waals surface area contributed by atoms with E-state index in [1.54, 1.807) is 12.1 Å². The number of hydrogen-bond donors (Lipinski definition) is 0. The number of imide groups is 1. The number of aryl methyl sites for hydroxylation is 1. The van der Waals surface area contributed by atoms with Crippen molar-refractivity contribution < 1.29 is 33.3 Å². The van der Waals surface area contributed by atoms with Crippen LogP contribution < -0.4 is 23.8 Å². The van der Waals surface area contributed by atoms with E-state index in [1.807, 2.05) is 116 Å². The summed E-state index contributed by atoms with van der Waals surface area (Å²) in [4.78, 5) is 47.8. The zero-order valence-corrected chi connectivity index (χ0v) is 26.9. The molecule has 0 N–H and O–H groups in total. The van der Waals surface area contributed by atoms with Gasteiger partial charge in [0.2, 0.25) is 25.4 Å². The summed E-state index contributed by atoms with van der Waals surface area (Å²) in [6.07, 6.45) is 0. The fourth-order valence-corrected chi connectivity index (χ4v) is 9.18. The number of rotatable bonds is 5. The van der Waals surface area contributed by atoms with Crippen molar-refractivity contribution in [1.29, 1.82) is 0 Å². The molecule has 0 spiro atoms. The molecule has 2 amide bonds. The average Bonchev–Trinajstić information content (AvgIpc) is 3.96. The first-order valence-electron chi connectivity index (χ1n) is 16.6. The number of carbonyl (C=O) groups excluding carboxylic acids is 3. The second kappa shape index (κ2) is 10.2. The zero-order valence-electron chi connectivity index (χ0n) is 26.9. The highest BCUT2D eigenvalue weighted by molar-refractivity contribution is 6.39. The van der Waals surface area contributed by atoms with Crippen LogP contribution in [0.25, 0.3) is 11.1 Å². The lowest BCUT2D eigenvalue weighted by atomic mass is 9.59. The fourth-order valence-electron chi connectivity index (χ4n) is 9.18. The van der Waals surface area contributed by atoms with Crippen molar-refractivity contribution in [1.82, 2.24) is 0 Å². The molecule has 2 fully saturated rings. The van der Waals surface area contributed by atoms with Gasteiger partial charge in [0.1, 0.15) is 0 Å². The van der Waals surface area contributed by atoms with Crippen molar-refractivity contribution in [3.8, 4) is 23.0 Å². The largest absolute Gasteiger partial charge is 0.454 e. The molecular formula is C42H29NO7. The molecule has 10 rings (SSSR count). The third-order valence-corrected chi connectivity index (χ3v) is 11.1. The number of amides is 2. The van der Waals surface area contributed by atoms with Crippen LogP contribution in [0.3, 0.4) is 0 Å². The van der Waals surface area contributed by atoms with E-state index >= 15 is 14.4 Å². The van der Waals surface area contributed by atoms with Crippen LogP contribution in [0.4, 0.5) is 5.69 Å². The van der Waals surface area contributed by atoms with E-state index in [9.17, 15) is 0 Å². The Morgan fingerprint density at radius 2 is 0.980 bits per heavy atom. The Bertz CT molecular complexity index is 2180. The van der Waals surface area contributed by atoms with Gasteiger partial charge < -0.3 is 18.9 Å². The summed E-state index contributed by atoms with van der Waals surface area (Å²) in [6.45, 7) is 2.11. The summed E-state index contributed by atoms with van der Waals surface area (Å²) < 4.78 is 23.1. The third kappa shape index (κ3) is 3.47. The molecule has 3 heterocycles. The summed E-state index contributed by atoms with van der Waals surface area (Å²) in [5.74, 6) is -0.815. The standard InChI is InChI=1S/C42H29NO7/c1-24-12-16-29(17-13-24)43-38(44)36-37(39(43)45)42(28-10-6-3-7-11-28)35(26-15-19-31-33(21-26)50-23-48-31)34(25-14-18-30-32(20-25)49-22-47-30)41(36,40(42)46)27-8-4-2-5-9-27/h2-21,36-37H,22-23H2,1H3/t36-,37-,41-,42-/m0/s1. The van der Waals surface area contributed by atoms with E-state index in [4.69, 9.17) is 18.9 Å². The molecule has 4 atom stereocenters. The molecule has 8 nitrogen and oxygen atoms in total. The maximum absolute atomic E-state index is 16.2. The lowest BCUT2D eigenvalue weighted by Gasteiger charge is -2.39. The maximum Gasteiger partial charge on any atom is 0.239 e. The molecule has 0 radical (unpaired) electrons. The molecule has 2 bridgehead atoms. The molecule has 1 saturated carbocycles. The minimum Gasteiger partial charge on any atom is -0.454 e. The van der Waals surface area contributed by atoms with Crippen molar-refractivity contribution in [3.05, 3.63) is 149 Å². The smallest absolute Gasteiger partial charge is 0.239 e. The van der Waals surface area contributed by atoms with Crippen molar-refractivity contribution in [3.63, 3.8) is 0 Å². The van der Waals surface area contributed by atoms with Gasteiger partial charge in [-0.05, 0) is 76.7 Å². The number of ether oxygens (including phenoxy) is 4. The number of nitrogens with zero attached hydrogens (tertiary/aromatic N) is 1. The summed E-state index contributed by atoms with van der Waals surface area (Å²) in [5.41, 5.74) is 2.38. The summed E-state index contributed by atoms with van der Waals surface area (Å²) in [6, 6.07) is 37.5. The zero-order chi connectivity index (χ0) is 33.8. The Labute approximate surface area is 287 Å². The predicted octanol–water partition coefficient (Wildman–Crippen LogP) is 6.64. The van der Waals surface area contributed by atoms with Gasteiger partial charge in [0.25, 0.3) is 0 Å². The number of hydrogen-bond acceptors (Lipinski definition) is 7. The number of carbonyl (C=O) groups is 3. The molecule has 3 aliphatic heterocycles. The van der Waals surface area contributed by atoms with Crippen LogP contribution in [0, 0.1) is 18.8 Å². The SMILES string of the molecule is Cc1ccc(N2C(=O)[C@@H]3[C@@H](C2=O)[C@@]2(c4ccccc4)C(=O)[C@@]3(c3ccccc3)C(c3ccc4c(c3)OCO4)=C2c2ccc3c(c2)OCO3)cc1. The molecule has 1 saturated heterocycles. The van der Waals surface area contributed by atoms with Crippen LogP contribution >= 0.6 is 0 Å². The van der Waals surface area contributed by atoms with Gasteiger partial charge in [-0.3, -0.25) is 14.4 Å². The van der Waals surface area contributed by atoms with Gasteiger partial charge in [-0.2, -0.15) is 0 Å². The second-order valence-electron chi connectivity index (χ2n) is 13.4. The predicted molar refractivity (Wildman–Crippen MR) is 184 cm³/mol. The van der Waals surface area contributed by atoms with Gasteiger partial charge in [0.05, 0.1) is 28.4 Å². The molecule has 8 heteroatoms. The normalized spacial score (nSPS) is 25.5. The first-order chi connectivity index (χ1) is 24.5. The first kappa shape index (κ1) is 28.8. The highest BCUT2D eigenvalue weighted by Gasteiger charge is 2.82. The van der Waals surface area contributed by atoms with Gasteiger partial charge in [-0.25, -0.2) is 4.90 Å². The number of Topliss-reactive ketones (excluding diaryl/α,β-unsaturated/α-hetero) is 1. The molecule has 5 aromatic rings. The van der Waals surface area contributed by atoms with Crippen LogP contribution in [0.15, 0.2) is 121 Å². The number of benzene rings is 5. The van der Waals surface area contributed by atoms with Crippen molar-refractivity contribution >= 4 is 34.4 Å². The van der Waals surface area contributed by atoms with Crippen LogP contribution in [-0.4, -0.2) is 31.2 Å². The number of anilines is 1. The highest BCUT2D eigenvalue weighted by atomic mass is 16.7. The van der Waals surface area contributed by atoms with E-state index in [2.05, 4.69) is 0 Å². The van der Waals surface area contributed by atoms with Crippen LogP contribution in [0.5, 0.6) is 23.0 Å². The second-order valence-corrected chi connectivity index (χ2v) is 13.4. The Kier molecular flexibility index (Phi) is 5.87. The average molecular weight is 660 g/mol. The van der Waals surface area contributed by atoms with Gasteiger partial charge >= 0.3 is 0 Å². The molecule has 0 aromatic heterocycles. The van der Waals surface area contributed by atoms with Crippen LogP contribution in [0.1, 0.15) is 27.8 Å². The maximum atomic E-state index is 16.2. The van der Waals surface area contributed by atoms with Gasteiger partial charge in [-0.1, -0.05) is 90.5 Å². The van der Waals surface area contributed by atoms with Gasteiger partial charge in [0, 0.05) is 0 Å². The van der Waals surface area contributed by atoms with Gasteiger partial charge in [0.15, 0.2) is 28.8 Å². The molecule has 50 heavy (non-hydrogen) atoms. The Morgan fingerprint density at radius 1 is 0.540 bits per heavy atom. The monoisotopic (exact) mass is 659 g/mol. The minimum absolute atomic E-state index is 0.0762. The van der Waals surface area contributed by atoms with Crippen LogP contribution in [0.2, 0.25) is 0 Å². The molecule has 244 valence electrons. The van der Waals surface area contributed by atoms with E-state index in [1.165, 1.54) is 4.90 Å². The Balaban J connectivity index is 1.37. The Hall–Kier alpha value is -6.15. The van der Waals surface area contributed by atoms with Gasteiger partial charge in [-0.15, -0.1) is 0 Å². The molecule has 5 aromatic carbocycles. The molecule has 5 aliphatic rings. The molecular weight excluding hydrogens is 630 g/mol. The van der Waals surface area contributed by atoms with Crippen molar-refractivity contribution in [2.75, 3.05) is 18.5 Å². The number of allylic oxidation sites excluding steroid dienone is 2. The topological polar surface area (TPSA) is 91.4 Å². The van der Waals surface area contributed by atoms with E-state index in [-0.39, 0.29) is 19.4 Å². The molecule has 2 aliphatic carbocycles. The lowest BCUT2D eigenvalue weighted by molar-refractivity contribution is -0.130. The Morgan fingerprint density at radius 3 is 1.44 bits per heavy atom. The summed E-state index contributed by atoms with van der Waals surface area (Å²) in [5, 5.41) is 0. The number of fused-ring (bicyclic) bond motifs is 7. The van der Waals surface area contributed by atoms with E-state index in [0.717, 1.165) is 5.56 Å². The minimum atomic E-state index is -1.55. The number of ketones is 1. The summed E-state index contributed by atoms with van der Waals surface area (Å²) >= 11 is 0. The fraction of sp³-hybridized carbons (Fsp3) is 0.167. The highest BCUT2D eigenvalue weighted by Crippen LogP contribution is 2.74. The van der Waals surface area contributed by atoms with E-state index in [0.29, 0.717) is 62.1 Å². The van der Waals surface area contributed by atoms with Crippen molar-refractivity contribution in [2.45, 2.75) is 17.8 Å². The molecule has 0 unspecified atom stereocenters.